The van der Waals surface area contributed by atoms with Crippen molar-refractivity contribution >= 4 is 7.12 Å². The molecule has 1 aliphatic carbocycles. The van der Waals surface area contributed by atoms with Gasteiger partial charge in [0.05, 0.1) is 11.2 Å². The van der Waals surface area contributed by atoms with Gasteiger partial charge in [-0.15, -0.1) is 0 Å². The van der Waals surface area contributed by atoms with Gasteiger partial charge in [-0.3, -0.25) is 0 Å². The Morgan fingerprint density at radius 1 is 0.917 bits per heavy atom. The first-order chi connectivity index (χ1) is 11.2. The Balaban J connectivity index is 1.84. The molecule has 4 nitrogen and oxygen atoms in total. The molecule has 132 valence electrons. The normalized spacial score (nSPS) is 26.2. The second kappa shape index (κ2) is 5.84. The molecular formula is C19H29BO4. The molecule has 1 aromatic carbocycles. The summed E-state index contributed by atoms with van der Waals surface area (Å²) in [5.41, 5.74) is 0.635. The lowest BCUT2D eigenvalue weighted by molar-refractivity contribution is -0.276. The van der Waals surface area contributed by atoms with Gasteiger partial charge in [-0.1, -0.05) is 30.3 Å². The monoisotopic (exact) mass is 332 g/mol. The predicted octanol–water partition coefficient (Wildman–Crippen LogP) is 3.80. The van der Waals surface area contributed by atoms with Crippen LogP contribution in [0, 0.1) is 0 Å². The van der Waals surface area contributed by atoms with Crippen molar-refractivity contribution in [1.29, 1.82) is 0 Å². The second-order valence-electron chi connectivity index (χ2n) is 8.21. The van der Waals surface area contributed by atoms with Crippen molar-refractivity contribution in [2.45, 2.75) is 69.3 Å². The molecule has 0 atom stereocenters. The van der Waals surface area contributed by atoms with Crippen LogP contribution in [0.15, 0.2) is 30.3 Å². The van der Waals surface area contributed by atoms with Gasteiger partial charge in [0.1, 0.15) is 0 Å². The lowest BCUT2D eigenvalue weighted by atomic mass is 9.52. The van der Waals surface area contributed by atoms with Crippen molar-refractivity contribution in [2.75, 3.05) is 14.2 Å². The van der Waals surface area contributed by atoms with Gasteiger partial charge in [-0.05, 0) is 39.6 Å². The van der Waals surface area contributed by atoms with Crippen LogP contribution >= 0.6 is 0 Å². The van der Waals surface area contributed by atoms with E-state index in [0.717, 1.165) is 19.2 Å². The van der Waals surface area contributed by atoms with E-state index in [0.29, 0.717) is 0 Å². The van der Waals surface area contributed by atoms with Crippen molar-refractivity contribution in [1.82, 2.24) is 0 Å². The van der Waals surface area contributed by atoms with Crippen LogP contribution in [0.1, 0.15) is 46.1 Å². The Bertz CT molecular complexity index is 556. The van der Waals surface area contributed by atoms with Gasteiger partial charge < -0.3 is 18.8 Å². The highest BCUT2D eigenvalue weighted by Crippen LogP contribution is 2.56. The minimum absolute atomic E-state index is 0.0472. The third-order valence-electron chi connectivity index (χ3n) is 6.21. The molecule has 5 heteroatoms. The van der Waals surface area contributed by atoms with E-state index in [1.807, 2.05) is 6.07 Å². The van der Waals surface area contributed by atoms with E-state index in [1.165, 1.54) is 5.56 Å². The molecular weight excluding hydrogens is 303 g/mol. The number of ether oxygens (including phenoxy) is 2. The Morgan fingerprint density at radius 3 is 1.88 bits per heavy atom. The first kappa shape index (κ1) is 17.9. The van der Waals surface area contributed by atoms with Crippen LogP contribution in [0.3, 0.4) is 0 Å². The van der Waals surface area contributed by atoms with E-state index in [4.69, 9.17) is 18.8 Å². The maximum Gasteiger partial charge on any atom is 0.458 e. The second-order valence-corrected chi connectivity index (χ2v) is 8.21. The molecule has 24 heavy (non-hydrogen) atoms. The van der Waals surface area contributed by atoms with Gasteiger partial charge in [-0.2, -0.15) is 0 Å². The molecule has 1 heterocycles. The van der Waals surface area contributed by atoms with Crippen molar-refractivity contribution in [3.63, 3.8) is 0 Å². The van der Waals surface area contributed by atoms with Crippen molar-refractivity contribution in [3.05, 3.63) is 35.9 Å². The Morgan fingerprint density at radius 2 is 1.42 bits per heavy atom. The van der Waals surface area contributed by atoms with Gasteiger partial charge in [0.15, 0.2) is 5.79 Å². The lowest BCUT2D eigenvalue weighted by Gasteiger charge is -2.54. The molecule has 0 unspecified atom stereocenters. The third kappa shape index (κ3) is 2.82. The number of benzene rings is 1. The van der Waals surface area contributed by atoms with Gasteiger partial charge in [0.2, 0.25) is 0 Å². The number of rotatable bonds is 5. The first-order valence-electron chi connectivity index (χ1n) is 8.69. The highest BCUT2D eigenvalue weighted by atomic mass is 16.7. The maximum atomic E-state index is 6.25. The van der Waals surface area contributed by atoms with E-state index in [1.54, 1.807) is 14.2 Å². The fourth-order valence-corrected chi connectivity index (χ4v) is 3.98. The van der Waals surface area contributed by atoms with E-state index in [2.05, 4.69) is 52.0 Å². The summed E-state index contributed by atoms with van der Waals surface area (Å²) in [5, 5.41) is 0. The van der Waals surface area contributed by atoms with Crippen LogP contribution < -0.4 is 0 Å². The van der Waals surface area contributed by atoms with Gasteiger partial charge in [-0.25, -0.2) is 0 Å². The first-order valence-corrected chi connectivity index (χ1v) is 8.69. The molecule has 0 bridgehead atoms. The molecule has 0 amide bonds. The summed E-state index contributed by atoms with van der Waals surface area (Å²) >= 11 is 0. The zero-order valence-corrected chi connectivity index (χ0v) is 15.7. The van der Waals surface area contributed by atoms with Crippen LogP contribution in [-0.4, -0.2) is 38.3 Å². The van der Waals surface area contributed by atoms with E-state index in [9.17, 15) is 0 Å². The Hall–Kier alpha value is -0.875. The SMILES string of the molecule is COC1(OC)CC(CB2OC(C)(C)C(C)(C)O2)(c2ccccc2)C1. The molecule has 1 saturated carbocycles. The largest absolute Gasteiger partial charge is 0.458 e. The molecule has 2 fully saturated rings. The zero-order valence-electron chi connectivity index (χ0n) is 15.7. The van der Waals surface area contributed by atoms with Gasteiger partial charge >= 0.3 is 7.12 Å². The Kier molecular flexibility index (Phi) is 4.36. The molecule has 0 spiro atoms. The number of methoxy groups -OCH3 is 2. The molecule has 3 rings (SSSR count). The average Bonchev–Trinajstić information content (AvgIpc) is 2.70. The zero-order chi connectivity index (χ0) is 17.6. The predicted molar refractivity (Wildman–Crippen MR) is 95.0 cm³/mol. The van der Waals surface area contributed by atoms with Crippen LogP contribution in [0.5, 0.6) is 0 Å². The summed E-state index contributed by atoms with van der Waals surface area (Å²) < 4.78 is 23.8. The molecule has 0 radical (unpaired) electrons. The topological polar surface area (TPSA) is 36.9 Å². The van der Waals surface area contributed by atoms with Crippen molar-refractivity contribution < 1.29 is 18.8 Å². The summed E-state index contributed by atoms with van der Waals surface area (Å²) in [5.74, 6) is -0.501. The lowest BCUT2D eigenvalue weighted by Crippen LogP contribution is -2.58. The fourth-order valence-electron chi connectivity index (χ4n) is 3.98. The van der Waals surface area contributed by atoms with Crippen LogP contribution in [-0.2, 0) is 24.2 Å². The van der Waals surface area contributed by atoms with Crippen molar-refractivity contribution in [2.24, 2.45) is 0 Å². The van der Waals surface area contributed by atoms with Gasteiger partial charge in [0.25, 0.3) is 0 Å². The summed E-state index contributed by atoms with van der Waals surface area (Å²) in [6.45, 7) is 8.38. The number of hydrogen-bond acceptors (Lipinski definition) is 4. The van der Waals surface area contributed by atoms with Gasteiger partial charge in [0, 0.05) is 32.5 Å². The number of hydrogen-bond donors (Lipinski definition) is 0. The third-order valence-corrected chi connectivity index (χ3v) is 6.21. The van der Waals surface area contributed by atoms with Crippen LogP contribution in [0.25, 0.3) is 0 Å². The molecule has 0 N–H and O–H groups in total. The maximum absolute atomic E-state index is 6.25. The minimum Gasteiger partial charge on any atom is -0.403 e. The summed E-state index contributed by atoms with van der Waals surface area (Å²) in [6.07, 6.45) is 2.42. The van der Waals surface area contributed by atoms with Crippen LogP contribution in [0.4, 0.5) is 0 Å². The van der Waals surface area contributed by atoms with E-state index >= 15 is 0 Å². The quantitative estimate of drug-likeness (QED) is 0.607. The van der Waals surface area contributed by atoms with Crippen LogP contribution in [0.2, 0.25) is 6.32 Å². The van der Waals surface area contributed by atoms with E-state index in [-0.39, 0.29) is 23.7 Å². The smallest absolute Gasteiger partial charge is 0.403 e. The average molecular weight is 332 g/mol. The Labute approximate surface area is 146 Å². The molecule has 1 aromatic rings. The highest BCUT2D eigenvalue weighted by molar-refractivity contribution is 6.46. The molecule has 1 aliphatic heterocycles. The van der Waals surface area contributed by atoms with E-state index < -0.39 is 5.79 Å². The molecule has 1 saturated heterocycles. The summed E-state index contributed by atoms with van der Waals surface area (Å²) in [4.78, 5) is 0. The standard InChI is InChI=1S/C19H29BO4/c1-16(2)17(3,4)24-20(23-16)14-18(15-10-8-7-9-11-15)12-19(13-18,21-5)22-6/h7-11H,12-14H2,1-6H3. The minimum atomic E-state index is -0.501. The summed E-state index contributed by atoms with van der Waals surface area (Å²) in [6, 6.07) is 10.6. The molecule has 2 aliphatic rings. The fraction of sp³-hybridized carbons (Fsp3) is 0.684. The molecule has 0 aromatic heterocycles. The highest BCUT2D eigenvalue weighted by Gasteiger charge is 2.61. The van der Waals surface area contributed by atoms with Crippen molar-refractivity contribution in [3.8, 4) is 0 Å². The summed E-state index contributed by atoms with van der Waals surface area (Å²) in [7, 11) is 3.21.